The van der Waals surface area contributed by atoms with E-state index in [2.05, 4.69) is 10.3 Å². The van der Waals surface area contributed by atoms with Crippen molar-refractivity contribution in [2.45, 2.75) is 26.8 Å². The van der Waals surface area contributed by atoms with Crippen LogP contribution < -0.4 is 5.32 Å². The van der Waals surface area contributed by atoms with E-state index in [1.807, 2.05) is 24.0 Å². The minimum Gasteiger partial charge on any atom is -0.467 e. The zero-order valence-corrected chi connectivity index (χ0v) is 19.2. The van der Waals surface area contributed by atoms with Crippen molar-refractivity contribution in [3.05, 3.63) is 89.8 Å². The van der Waals surface area contributed by atoms with Gasteiger partial charge in [-0.05, 0) is 60.9 Å². The largest absolute Gasteiger partial charge is 0.467 e. The highest BCUT2D eigenvalue weighted by Gasteiger charge is 2.41. The maximum absolute atomic E-state index is 13.5. The Bertz CT molecular complexity index is 1200. The van der Waals surface area contributed by atoms with Gasteiger partial charge in [0, 0.05) is 38.1 Å². The van der Waals surface area contributed by atoms with Crippen molar-refractivity contribution >= 4 is 29.0 Å². The lowest BCUT2D eigenvalue weighted by molar-refractivity contribution is -0.138. The molecule has 0 radical (unpaired) electrons. The monoisotopic (exact) mass is 458 g/mol. The molecule has 8 nitrogen and oxygen atoms in total. The third-order valence-electron chi connectivity index (χ3n) is 5.65. The first-order valence-corrected chi connectivity index (χ1v) is 11.1. The predicted octanol–water partition coefficient (Wildman–Crippen LogP) is 3.48. The fourth-order valence-electron chi connectivity index (χ4n) is 3.98. The number of likely N-dealkylation sites (N-methyl/N-ethyl adjacent to an activating group) is 1. The molecule has 1 aliphatic heterocycles. The molecule has 34 heavy (non-hydrogen) atoms. The van der Waals surface area contributed by atoms with E-state index in [4.69, 9.17) is 4.42 Å². The van der Waals surface area contributed by atoms with Gasteiger partial charge in [-0.25, -0.2) is 0 Å². The first-order valence-electron chi connectivity index (χ1n) is 11.1. The second-order valence-electron chi connectivity index (χ2n) is 7.94. The van der Waals surface area contributed by atoms with Crippen molar-refractivity contribution in [1.29, 1.82) is 0 Å². The summed E-state index contributed by atoms with van der Waals surface area (Å²) >= 11 is 0. The van der Waals surface area contributed by atoms with E-state index in [1.165, 1.54) is 18.1 Å². The number of furan rings is 1. The molecule has 4 rings (SSSR count). The summed E-state index contributed by atoms with van der Waals surface area (Å²) in [5.74, 6) is -0.370. The van der Waals surface area contributed by atoms with Crippen LogP contribution in [-0.2, 0) is 27.3 Å². The van der Waals surface area contributed by atoms with Gasteiger partial charge in [0.25, 0.3) is 11.8 Å². The third-order valence-corrected chi connectivity index (χ3v) is 5.65. The SMILES string of the molecule is CCN(CCc1ccncc1)C1=C(c2ccc(NC(C)=O)cc2)C(=O)N(Cc2ccco2)C1=O. The van der Waals surface area contributed by atoms with E-state index >= 15 is 0 Å². The van der Waals surface area contributed by atoms with Crippen LogP contribution in [0.1, 0.15) is 30.7 Å². The molecular formula is C26H26N4O4. The van der Waals surface area contributed by atoms with E-state index in [0.717, 1.165) is 5.56 Å². The Morgan fingerprint density at radius 3 is 2.41 bits per heavy atom. The van der Waals surface area contributed by atoms with Crippen LogP contribution in [0.25, 0.3) is 5.57 Å². The molecule has 2 aromatic heterocycles. The summed E-state index contributed by atoms with van der Waals surface area (Å²) in [6.07, 6.45) is 5.70. The van der Waals surface area contributed by atoms with Gasteiger partial charge in [-0.1, -0.05) is 12.1 Å². The normalized spacial score (nSPS) is 13.5. The summed E-state index contributed by atoms with van der Waals surface area (Å²) in [6, 6.07) is 14.3. The highest BCUT2D eigenvalue weighted by molar-refractivity contribution is 6.35. The van der Waals surface area contributed by atoms with Crippen molar-refractivity contribution in [2.75, 3.05) is 18.4 Å². The summed E-state index contributed by atoms with van der Waals surface area (Å²) < 4.78 is 5.39. The highest BCUT2D eigenvalue weighted by Crippen LogP contribution is 2.33. The molecule has 8 heteroatoms. The number of benzene rings is 1. The van der Waals surface area contributed by atoms with Crippen LogP contribution >= 0.6 is 0 Å². The fraction of sp³-hybridized carbons (Fsp3) is 0.231. The summed E-state index contributed by atoms with van der Waals surface area (Å²) in [5.41, 5.74) is 3.06. The lowest BCUT2D eigenvalue weighted by Crippen LogP contribution is -2.35. The van der Waals surface area contributed by atoms with Gasteiger partial charge in [0.05, 0.1) is 18.4 Å². The molecule has 0 saturated carbocycles. The lowest BCUT2D eigenvalue weighted by atomic mass is 10.0. The molecule has 0 aliphatic carbocycles. The van der Waals surface area contributed by atoms with Crippen LogP contribution in [-0.4, -0.2) is 45.6 Å². The van der Waals surface area contributed by atoms with E-state index in [-0.39, 0.29) is 24.3 Å². The van der Waals surface area contributed by atoms with Crippen molar-refractivity contribution in [3.63, 3.8) is 0 Å². The van der Waals surface area contributed by atoms with Gasteiger partial charge < -0.3 is 14.6 Å². The van der Waals surface area contributed by atoms with E-state index in [1.54, 1.807) is 48.8 Å². The van der Waals surface area contributed by atoms with Crippen LogP contribution in [0.3, 0.4) is 0 Å². The van der Waals surface area contributed by atoms with E-state index < -0.39 is 0 Å². The predicted molar refractivity (Wildman–Crippen MR) is 127 cm³/mol. The standard InChI is InChI=1S/C26H26N4O4/c1-3-29(15-12-19-10-13-27-14-11-19)24-23(20-6-8-21(9-7-20)28-18(2)31)25(32)30(26(24)33)17-22-5-4-16-34-22/h4-11,13-14,16H,3,12,15,17H2,1-2H3,(H,28,31). The molecule has 3 heterocycles. The molecule has 0 atom stereocenters. The minimum atomic E-state index is -0.369. The minimum absolute atomic E-state index is 0.0591. The van der Waals surface area contributed by atoms with Crippen LogP contribution in [0.2, 0.25) is 0 Å². The first-order chi connectivity index (χ1) is 16.5. The Balaban J connectivity index is 1.69. The quantitative estimate of drug-likeness (QED) is 0.493. The number of aromatic nitrogens is 1. The van der Waals surface area contributed by atoms with Crippen molar-refractivity contribution in [2.24, 2.45) is 0 Å². The second-order valence-corrected chi connectivity index (χ2v) is 7.94. The fourth-order valence-corrected chi connectivity index (χ4v) is 3.98. The van der Waals surface area contributed by atoms with Gasteiger partial charge in [0.1, 0.15) is 11.5 Å². The molecule has 1 aromatic carbocycles. The van der Waals surface area contributed by atoms with Crippen LogP contribution in [0.15, 0.2) is 77.3 Å². The van der Waals surface area contributed by atoms with Crippen molar-refractivity contribution in [3.8, 4) is 0 Å². The molecule has 0 fully saturated rings. The number of nitrogens with one attached hydrogen (secondary N) is 1. The Morgan fingerprint density at radius 1 is 1.06 bits per heavy atom. The Hall–Kier alpha value is -4.20. The van der Waals surface area contributed by atoms with E-state index in [9.17, 15) is 14.4 Å². The maximum Gasteiger partial charge on any atom is 0.278 e. The topological polar surface area (TPSA) is 95.8 Å². The molecule has 0 bridgehead atoms. The molecule has 0 unspecified atom stereocenters. The van der Waals surface area contributed by atoms with Crippen LogP contribution in [0.5, 0.6) is 0 Å². The number of hydrogen-bond donors (Lipinski definition) is 1. The molecule has 3 aromatic rings. The second kappa shape index (κ2) is 10.2. The zero-order valence-electron chi connectivity index (χ0n) is 19.2. The summed E-state index contributed by atoms with van der Waals surface area (Å²) in [5, 5.41) is 2.72. The molecule has 1 N–H and O–H groups in total. The van der Waals surface area contributed by atoms with Gasteiger partial charge in [-0.15, -0.1) is 0 Å². The number of amides is 3. The Morgan fingerprint density at radius 2 is 1.79 bits per heavy atom. The zero-order chi connectivity index (χ0) is 24.1. The van der Waals surface area contributed by atoms with Crippen molar-refractivity contribution < 1.29 is 18.8 Å². The number of imide groups is 1. The van der Waals surface area contributed by atoms with Crippen molar-refractivity contribution in [1.82, 2.24) is 14.8 Å². The molecule has 3 amide bonds. The van der Waals surface area contributed by atoms with E-state index in [0.29, 0.717) is 47.8 Å². The van der Waals surface area contributed by atoms with Gasteiger partial charge in [-0.3, -0.25) is 24.3 Å². The number of hydrogen-bond acceptors (Lipinski definition) is 6. The lowest BCUT2D eigenvalue weighted by Gasteiger charge is -2.24. The van der Waals surface area contributed by atoms with Gasteiger partial charge in [0.15, 0.2) is 0 Å². The average Bonchev–Trinajstić information content (AvgIpc) is 3.43. The van der Waals surface area contributed by atoms with Gasteiger partial charge in [0.2, 0.25) is 5.91 Å². The Labute approximate surface area is 197 Å². The number of nitrogens with zero attached hydrogens (tertiary/aromatic N) is 3. The van der Waals surface area contributed by atoms with Crippen LogP contribution in [0.4, 0.5) is 5.69 Å². The number of rotatable bonds is 9. The maximum atomic E-state index is 13.5. The summed E-state index contributed by atoms with van der Waals surface area (Å²) in [7, 11) is 0. The smallest absolute Gasteiger partial charge is 0.278 e. The first kappa shape index (κ1) is 23.0. The number of carbonyl (C=O) groups excluding carboxylic acids is 3. The molecule has 0 spiro atoms. The molecular weight excluding hydrogens is 432 g/mol. The third kappa shape index (κ3) is 4.91. The number of anilines is 1. The molecule has 0 saturated heterocycles. The number of pyridine rings is 1. The molecule has 174 valence electrons. The van der Waals surface area contributed by atoms with Crippen LogP contribution in [0, 0.1) is 0 Å². The van der Waals surface area contributed by atoms with Gasteiger partial charge in [-0.2, -0.15) is 0 Å². The van der Waals surface area contributed by atoms with Gasteiger partial charge >= 0.3 is 0 Å². The summed E-state index contributed by atoms with van der Waals surface area (Å²) in [6.45, 7) is 4.58. The number of carbonyl (C=O) groups is 3. The molecule has 1 aliphatic rings. The average molecular weight is 459 g/mol. The summed E-state index contributed by atoms with van der Waals surface area (Å²) in [4.78, 5) is 45.6. The highest BCUT2D eigenvalue weighted by atomic mass is 16.3. The Kier molecular flexibility index (Phi) is 6.87.